The van der Waals surface area contributed by atoms with Crippen LogP contribution >= 0.6 is 0 Å². The zero-order valence-electron chi connectivity index (χ0n) is 20.8. The Hall–Kier alpha value is -3.97. The summed E-state index contributed by atoms with van der Waals surface area (Å²) in [7, 11) is -1.54. The van der Waals surface area contributed by atoms with Gasteiger partial charge >= 0.3 is 0 Å². The minimum Gasteiger partial charge on any atom is -0.335 e. The predicted molar refractivity (Wildman–Crippen MR) is 144 cm³/mol. The molecule has 1 heterocycles. The molecule has 184 valence electrons. The molecule has 7 heteroatoms. The van der Waals surface area contributed by atoms with Crippen molar-refractivity contribution in [3.63, 3.8) is 0 Å². The number of sulfone groups is 1. The van der Waals surface area contributed by atoms with Crippen molar-refractivity contribution in [2.24, 2.45) is 0 Å². The third-order valence-corrected chi connectivity index (χ3v) is 7.34. The standard InChI is InChI=1S/C29H29N3O3S/c1-21-10-12-24(13-11-21)29-25(20-32(30-29)26-8-6-5-7-9-26)16-19-28(33)31(3)22(2)23-14-17-27(18-15-23)36(4,34)35/h5-20,22H,1-4H3/b19-16+. The van der Waals surface area contributed by atoms with Crippen LogP contribution in [-0.4, -0.2) is 42.3 Å². The van der Waals surface area contributed by atoms with Crippen molar-refractivity contribution in [1.29, 1.82) is 0 Å². The Morgan fingerprint density at radius 1 is 0.972 bits per heavy atom. The number of amides is 1. The first kappa shape index (κ1) is 25.1. The van der Waals surface area contributed by atoms with Crippen LogP contribution in [-0.2, 0) is 14.6 Å². The molecule has 36 heavy (non-hydrogen) atoms. The van der Waals surface area contributed by atoms with Gasteiger partial charge in [0.1, 0.15) is 0 Å². The molecule has 4 aromatic rings. The first-order valence-electron chi connectivity index (χ1n) is 11.6. The average molecular weight is 500 g/mol. The number of likely N-dealkylation sites (N-methyl/N-ethyl adjacent to an activating group) is 1. The summed E-state index contributed by atoms with van der Waals surface area (Å²) in [6.07, 6.45) is 6.43. The fourth-order valence-corrected chi connectivity index (χ4v) is 4.48. The van der Waals surface area contributed by atoms with Gasteiger partial charge in [0.05, 0.1) is 22.3 Å². The van der Waals surface area contributed by atoms with Crippen LogP contribution in [0.3, 0.4) is 0 Å². The van der Waals surface area contributed by atoms with Crippen LogP contribution in [0.1, 0.15) is 29.7 Å². The Balaban J connectivity index is 1.60. The Bertz CT molecular complexity index is 1490. The maximum absolute atomic E-state index is 13.0. The van der Waals surface area contributed by atoms with Crippen LogP contribution in [0.15, 0.2) is 96.0 Å². The Morgan fingerprint density at radius 3 is 2.22 bits per heavy atom. The van der Waals surface area contributed by atoms with Gasteiger partial charge in [-0.3, -0.25) is 4.79 Å². The van der Waals surface area contributed by atoms with Crippen molar-refractivity contribution in [1.82, 2.24) is 14.7 Å². The molecule has 0 aliphatic heterocycles. The number of carbonyl (C=O) groups excluding carboxylic acids is 1. The van der Waals surface area contributed by atoms with Crippen LogP contribution in [0.2, 0.25) is 0 Å². The number of aromatic nitrogens is 2. The van der Waals surface area contributed by atoms with Gasteiger partial charge in [-0.25, -0.2) is 13.1 Å². The highest BCUT2D eigenvalue weighted by Crippen LogP contribution is 2.26. The second-order valence-corrected chi connectivity index (χ2v) is 10.9. The number of rotatable bonds is 7. The quantitative estimate of drug-likeness (QED) is 0.316. The third-order valence-electron chi connectivity index (χ3n) is 6.21. The summed E-state index contributed by atoms with van der Waals surface area (Å²) in [6.45, 7) is 3.95. The lowest BCUT2D eigenvalue weighted by atomic mass is 10.1. The highest BCUT2D eigenvalue weighted by atomic mass is 32.2. The minimum atomic E-state index is -3.27. The lowest BCUT2D eigenvalue weighted by Gasteiger charge is -2.24. The van der Waals surface area contributed by atoms with Crippen molar-refractivity contribution >= 4 is 21.8 Å². The number of carbonyl (C=O) groups is 1. The predicted octanol–water partition coefficient (Wildman–Crippen LogP) is 5.48. The molecule has 3 aromatic carbocycles. The molecule has 1 aromatic heterocycles. The molecule has 1 unspecified atom stereocenters. The maximum Gasteiger partial charge on any atom is 0.246 e. The number of nitrogens with zero attached hydrogens (tertiary/aromatic N) is 3. The summed E-state index contributed by atoms with van der Waals surface area (Å²) in [6, 6.07) is 24.4. The van der Waals surface area contributed by atoms with E-state index in [2.05, 4.69) is 0 Å². The largest absolute Gasteiger partial charge is 0.335 e. The third kappa shape index (κ3) is 5.63. The SMILES string of the molecule is Cc1ccc(-c2nn(-c3ccccc3)cc2/C=C/C(=O)N(C)C(C)c2ccc(S(C)(=O)=O)cc2)cc1. The zero-order chi connectivity index (χ0) is 25.9. The van der Waals surface area contributed by atoms with Crippen LogP contribution in [0.25, 0.3) is 23.0 Å². The van der Waals surface area contributed by atoms with Crippen molar-refractivity contribution in [3.05, 3.63) is 108 Å². The van der Waals surface area contributed by atoms with Gasteiger partial charge in [-0.05, 0) is 49.8 Å². The molecular formula is C29H29N3O3S. The lowest BCUT2D eigenvalue weighted by molar-refractivity contribution is -0.126. The molecule has 0 aliphatic carbocycles. The van der Waals surface area contributed by atoms with E-state index in [9.17, 15) is 13.2 Å². The first-order valence-corrected chi connectivity index (χ1v) is 13.5. The molecule has 0 bridgehead atoms. The summed E-state index contributed by atoms with van der Waals surface area (Å²) < 4.78 is 25.3. The summed E-state index contributed by atoms with van der Waals surface area (Å²) in [5.74, 6) is -0.169. The molecule has 0 N–H and O–H groups in total. The number of benzene rings is 3. The summed E-state index contributed by atoms with van der Waals surface area (Å²) in [5.41, 5.74) is 5.53. The van der Waals surface area contributed by atoms with E-state index in [1.807, 2.05) is 79.3 Å². The van der Waals surface area contributed by atoms with Crippen molar-refractivity contribution in [3.8, 4) is 16.9 Å². The highest BCUT2D eigenvalue weighted by Gasteiger charge is 2.17. The topological polar surface area (TPSA) is 72.3 Å². The summed E-state index contributed by atoms with van der Waals surface area (Å²) in [5, 5.41) is 4.81. The van der Waals surface area contributed by atoms with Crippen LogP contribution in [0.5, 0.6) is 0 Å². The normalized spacial score (nSPS) is 12.6. The number of para-hydroxylation sites is 1. The highest BCUT2D eigenvalue weighted by molar-refractivity contribution is 7.90. The maximum atomic E-state index is 13.0. The van der Waals surface area contributed by atoms with Gasteiger partial charge in [0.15, 0.2) is 9.84 Å². The zero-order valence-corrected chi connectivity index (χ0v) is 21.6. The first-order chi connectivity index (χ1) is 17.1. The fraction of sp³-hybridized carbons (Fsp3) is 0.172. The Morgan fingerprint density at radius 2 is 1.61 bits per heavy atom. The van der Waals surface area contributed by atoms with E-state index in [4.69, 9.17) is 5.10 Å². The van der Waals surface area contributed by atoms with E-state index in [0.29, 0.717) is 0 Å². The second-order valence-electron chi connectivity index (χ2n) is 8.88. The molecule has 6 nitrogen and oxygen atoms in total. The van der Waals surface area contributed by atoms with E-state index >= 15 is 0 Å². The number of hydrogen-bond donors (Lipinski definition) is 0. The molecule has 0 saturated heterocycles. The minimum absolute atomic E-state index is 0.169. The monoisotopic (exact) mass is 499 g/mol. The van der Waals surface area contributed by atoms with Crippen LogP contribution in [0.4, 0.5) is 0 Å². The van der Waals surface area contributed by atoms with E-state index in [0.717, 1.165) is 33.6 Å². The molecule has 1 atom stereocenters. The van der Waals surface area contributed by atoms with Crippen molar-refractivity contribution in [2.75, 3.05) is 13.3 Å². The number of aryl methyl sites for hydroxylation is 1. The fourth-order valence-electron chi connectivity index (χ4n) is 3.84. The summed E-state index contributed by atoms with van der Waals surface area (Å²) >= 11 is 0. The van der Waals surface area contributed by atoms with Crippen molar-refractivity contribution < 1.29 is 13.2 Å². The average Bonchev–Trinajstić information content (AvgIpc) is 3.31. The van der Waals surface area contributed by atoms with Gasteiger partial charge in [0.25, 0.3) is 0 Å². The molecule has 0 aliphatic rings. The van der Waals surface area contributed by atoms with Gasteiger partial charge in [-0.1, -0.05) is 60.2 Å². The van der Waals surface area contributed by atoms with E-state index in [-0.39, 0.29) is 16.8 Å². The number of hydrogen-bond acceptors (Lipinski definition) is 4. The van der Waals surface area contributed by atoms with Gasteiger partial charge in [-0.15, -0.1) is 0 Å². The van der Waals surface area contributed by atoms with Gasteiger partial charge in [-0.2, -0.15) is 5.10 Å². The molecule has 4 rings (SSSR count). The van der Waals surface area contributed by atoms with Crippen LogP contribution in [0, 0.1) is 6.92 Å². The second kappa shape index (κ2) is 10.3. The Labute approximate surface area is 212 Å². The van der Waals surface area contributed by atoms with E-state index in [1.54, 1.807) is 48.4 Å². The smallest absolute Gasteiger partial charge is 0.246 e. The van der Waals surface area contributed by atoms with E-state index in [1.165, 1.54) is 6.26 Å². The molecule has 1 amide bonds. The lowest BCUT2D eigenvalue weighted by Crippen LogP contribution is -2.28. The van der Waals surface area contributed by atoms with Crippen LogP contribution < -0.4 is 0 Å². The van der Waals surface area contributed by atoms with E-state index < -0.39 is 9.84 Å². The van der Waals surface area contributed by atoms with Gasteiger partial charge in [0, 0.05) is 36.7 Å². The molecular weight excluding hydrogens is 470 g/mol. The van der Waals surface area contributed by atoms with Gasteiger partial charge in [0.2, 0.25) is 5.91 Å². The van der Waals surface area contributed by atoms with Crippen molar-refractivity contribution in [2.45, 2.75) is 24.8 Å². The molecule has 0 radical (unpaired) electrons. The van der Waals surface area contributed by atoms with Gasteiger partial charge < -0.3 is 4.90 Å². The molecule has 0 fully saturated rings. The summed E-state index contributed by atoms with van der Waals surface area (Å²) in [4.78, 5) is 14.9. The Kier molecular flexibility index (Phi) is 7.22. The molecule has 0 spiro atoms. The molecule has 0 saturated carbocycles.